The van der Waals surface area contributed by atoms with E-state index in [-0.39, 0.29) is 0 Å². The van der Waals surface area contributed by atoms with Gasteiger partial charge in [-0.1, -0.05) is 18.2 Å². The smallest absolute Gasteiger partial charge is 0.0995 e. The Hall–Kier alpha value is -1.88. The summed E-state index contributed by atoms with van der Waals surface area (Å²) in [7, 11) is 0. The molecule has 1 aliphatic rings. The van der Waals surface area contributed by atoms with Crippen LogP contribution in [0, 0.1) is 22.7 Å². The molecular formula is C16H20N4. The summed E-state index contributed by atoms with van der Waals surface area (Å²) >= 11 is 0. The minimum atomic E-state index is -0.508. The monoisotopic (exact) mass is 268 g/mol. The van der Waals surface area contributed by atoms with Crippen molar-refractivity contribution < 1.29 is 0 Å². The molecule has 0 aromatic heterocycles. The molecule has 1 aromatic carbocycles. The van der Waals surface area contributed by atoms with Crippen LogP contribution in [0.1, 0.15) is 30.4 Å². The fraction of sp³-hybridized carbons (Fsp3) is 0.500. The molecule has 1 aromatic rings. The molecule has 20 heavy (non-hydrogen) atoms. The molecule has 0 saturated carbocycles. The van der Waals surface area contributed by atoms with Gasteiger partial charge in [0.15, 0.2) is 0 Å². The lowest BCUT2D eigenvalue weighted by molar-refractivity contribution is 0.185. The van der Waals surface area contributed by atoms with Crippen molar-refractivity contribution >= 4 is 0 Å². The third-order valence-corrected chi connectivity index (χ3v) is 4.17. The second-order valence-electron chi connectivity index (χ2n) is 5.34. The fourth-order valence-electron chi connectivity index (χ4n) is 2.91. The van der Waals surface area contributed by atoms with Gasteiger partial charge in [0.05, 0.1) is 23.1 Å². The van der Waals surface area contributed by atoms with Crippen LogP contribution in [0.15, 0.2) is 24.3 Å². The van der Waals surface area contributed by atoms with Crippen molar-refractivity contribution in [1.82, 2.24) is 4.90 Å². The lowest BCUT2D eigenvalue weighted by atomic mass is 9.72. The van der Waals surface area contributed by atoms with Gasteiger partial charge in [0.2, 0.25) is 0 Å². The Bertz CT molecular complexity index is 530. The maximum Gasteiger partial charge on any atom is 0.0995 e. The fourth-order valence-corrected chi connectivity index (χ4v) is 2.91. The number of likely N-dealkylation sites (tertiary alicyclic amines) is 1. The first kappa shape index (κ1) is 14.5. The molecule has 0 aliphatic carbocycles. The van der Waals surface area contributed by atoms with Crippen LogP contribution < -0.4 is 5.73 Å². The predicted octanol–water partition coefficient (Wildman–Crippen LogP) is 1.76. The summed E-state index contributed by atoms with van der Waals surface area (Å²) < 4.78 is 0. The summed E-state index contributed by atoms with van der Waals surface area (Å²) in [6, 6.07) is 12.2. The van der Waals surface area contributed by atoms with E-state index in [0.717, 1.165) is 44.5 Å². The summed E-state index contributed by atoms with van der Waals surface area (Å²) in [5.41, 5.74) is 6.55. The van der Waals surface area contributed by atoms with Gasteiger partial charge in [-0.15, -0.1) is 0 Å². The van der Waals surface area contributed by atoms with Gasteiger partial charge < -0.3 is 10.6 Å². The van der Waals surface area contributed by atoms with Crippen LogP contribution in [0.3, 0.4) is 0 Å². The Balaban J connectivity index is 2.17. The van der Waals surface area contributed by atoms with Crippen molar-refractivity contribution in [3.8, 4) is 12.1 Å². The van der Waals surface area contributed by atoms with Crippen molar-refractivity contribution in [3.05, 3.63) is 35.4 Å². The number of hydrogen-bond donors (Lipinski definition) is 1. The van der Waals surface area contributed by atoms with Crippen molar-refractivity contribution in [1.29, 1.82) is 10.5 Å². The Labute approximate surface area is 120 Å². The second-order valence-corrected chi connectivity index (χ2v) is 5.34. The first-order valence-electron chi connectivity index (χ1n) is 7.09. The third-order valence-electron chi connectivity index (χ3n) is 4.17. The number of piperidine rings is 1. The summed E-state index contributed by atoms with van der Waals surface area (Å²) in [6.07, 6.45) is 2.56. The van der Waals surface area contributed by atoms with Gasteiger partial charge in [-0.2, -0.15) is 10.5 Å². The summed E-state index contributed by atoms with van der Waals surface area (Å²) in [5.74, 6) is 0. The number of nitrogens with zero attached hydrogens (tertiary/aromatic N) is 3. The van der Waals surface area contributed by atoms with Crippen molar-refractivity contribution in [2.24, 2.45) is 5.73 Å². The molecule has 1 fully saturated rings. The number of nitrogens with two attached hydrogens (primary N) is 1. The Morgan fingerprint density at radius 2 is 1.90 bits per heavy atom. The maximum atomic E-state index is 9.68. The Morgan fingerprint density at radius 3 is 2.50 bits per heavy atom. The number of nitriles is 2. The molecule has 0 radical (unpaired) electrons. The Morgan fingerprint density at radius 1 is 1.20 bits per heavy atom. The second kappa shape index (κ2) is 6.52. The minimum Gasteiger partial charge on any atom is -0.330 e. The van der Waals surface area contributed by atoms with Gasteiger partial charge in [0, 0.05) is 0 Å². The van der Waals surface area contributed by atoms with Crippen LogP contribution in [0.4, 0.5) is 0 Å². The van der Waals surface area contributed by atoms with Gasteiger partial charge in [-0.3, -0.25) is 0 Å². The Kier molecular flexibility index (Phi) is 4.74. The van der Waals surface area contributed by atoms with Gasteiger partial charge in [0.1, 0.15) is 0 Å². The SMILES string of the molecule is N#Cc1ccccc1C1(C#N)CCN(CCCN)CC1. The molecule has 2 N–H and O–H groups in total. The first-order chi connectivity index (χ1) is 9.75. The zero-order chi connectivity index (χ0) is 14.4. The van der Waals surface area contributed by atoms with Crippen molar-refractivity contribution in [2.75, 3.05) is 26.2 Å². The van der Waals surface area contributed by atoms with E-state index in [0.29, 0.717) is 12.1 Å². The predicted molar refractivity (Wildman–Crippen MR) is 77.8 cm³/mol. The molecule has 0 bridgehead atoms. The van der Waals surface area contributed by atoms with Crippen LogP contribution in [0.5, 0.6) is 0 Å². The summed E-state index contributed by atoms with van der Waals surface area (Å²) in [5, 5.41) is 18.9. The lowest BCUT2D eigenvalue weighted by Crippen LogP contribution is -2.42. The summed E-state index contributed by atoms with van der Waals surface area (Å²) in [6.45, 7) is 3.50. The van der Waals surface area contributed by atoms with Gasteiger partial charge >= 0.3 is 0 Å². The maximum absolute atomic E-state index is 9.68. The average molecular weight is 268 g/mol. The molecule has 4 nitrogen and oxygen atoms in total. The van der Waals surface area contributed by atoms with Crippen LogP contribution in [0.25, 0.3) is 0 Å². The van der Waals surface area contributed by atoms with Crippen molar-refractivity contribution in [3.63, 3.8) is 0 Å². The van der Waals surface area contributed by atoms with E-state index in [1.807, 2.05) is 18.2 Å². The molecule has 0 spiro atoms. The standard InChI is InChI=1S/C16H20N4/c17-8-3-9-20-10-6-16(13-19,7-11-20)15-5-2-1-4-14(15)12-18/h1-2,4-5H,3,6-11,17H2. The molecule has 1 saturated heterocycles. The van der Waals surface area contributed by atoms with Crippen LogP contribution in [0.2, 0.25) is 0 Å². The normalized spacial score (nSPS) is 18.1. The van der Waals surface area contributed by atoms with E-state index in [1.165, 1.54) is 0 Å². The van der Waals surface area contributed by atoms with Crippen LogP contribution >= 0.6 is 0 Å². The van der Waals surface area contributed by atoms with Gasteiger partial charge in [-0.05, 0) is 57.1 Å². The highest BCUT2D eigenvalue weighted by atomic mass is 15.1. The first-order valence-corrected chi connectivity index (χ1v) is 7.09. The highest BCUT2D eigenvalue weighted by molar-refractivity contribution is 5.46. The highest BCUT2D eigenvalue weighted by Crippen LogP contribution is 2.36. The van der Waals surface area contributed by atoms with E-state index < -0.39 is 5.41 Å². The molecular weight excluding hydrogens is 248 g/mol. The molecule has 2 rings (SSSR count). The van der Waals surface area contributed by atoms with E-state index in [1.54, 1.807) is 6.07 Å². The molecule has 0 atom stereocenters. The number of rotatable bonds is 4. The van der Waals surface area contributed by atoms with Crippen LogP contribution in [-0.2, 0) is 5.41 Å². The molecule has 1 heterocycles. The third kappa shape index (κ3) is 2.82. The zero-order valence-electron chi connectivity index (χ0n) is 11.7. The van der Waals surface area contributed by atoms with Gasteiger partial charge in [0.25, 0.3) is 0 Å². The van der Waals surface area contributed by atoms with Crippen LogP contribution in [-0.4, -0.2) is 31.1 Å². The highest BCUT2D eigenvalue weighted by Gasteiger charge is 2.37. The van der Waals surface area contributed by atoms with Gasteiger partial charge in [-0.25, -0.2) is 0 Å². The topological polar surface area (TPSA) is 76.8 Å². The van der Waals surface area contributed by atoms with E-state index in [2.05, 4.69) is 17.0 Å². The van der Waals surface area contributed by atoms with E-state index in [4.69, 9.17) is 5.73 Å². The molecule has 104 valence electrons. The molecule has 0 unspecified atom stereocenters. The summed E-state index contributed by atoms with van der Waals surface area (Å²) in [4.78, 5) is 2.36. The number of hydrogen-bond acceptors (Lipinski definition) is 4. The lowest BCUT2D eigenvalue weighted by Gasteiger charge is -2.38. The number of benzene rings is 1. The zero-order valence-corrected chi connectivity index (χ0v) is 11.7. The minimum absolute atomic E-state index is 0.508. The molecule has 4 heteroatoms. The van der Waals surface area contributed by atoms with E-state index >= 15 is 0 Å². The largest absolute Gasteiger partial charge is 0.330 e. The van der Waals surface area contributed by atoms with Crippen molar-refractivity contribution in [2.45, 2.75) is 24.7 Å². The molecule has 0 amide bonds. The quantitative estimate of drug-likeness (QED) is 0.902. The average Bonchev–Trinajstić information content (AvgIpc) is 2.53. The van der Waals surface area contributed by atoms with E-state index in [9.17, 15) is 10.5 Å². The molecule has 1 aliphatic heterocycles.